The number of nitrogens with zero attached hydrogens (tertiary/aromatic N) is 1. The molecule has 0 aliphatic rings. The van der Waals surface area contributed by atoms with Crippen molar-refractivity contribution in [1.82, 2.24) is 4.57 Å². The van der Waals surface area contributed by atoms with Gasteiger partial charge in [0.05, 0.1) is 15.4 Å². The second-order valence-electron chi connectivity index (χ2n) is 4.65. The van der Waals surface area contributed by atoms with Gasteiger partial charge in [-0.25, -0.2) is 4.79 Å². The van der Waals surface area contributed by atoms with E-state index in [2.05, 4.69) is 0 Å². The summed E-state index contributed by atoms with van der Waals surface area (Å²) in [6.07, 6.45) is -0.823. The normalized spacial score (nSPS) is 13.0. The van der Waals surface area contributed by atoms with Gasteiger partial charge in [-0.15, -0.1) is 11.3 Å². The molecule has 1 atom stereocenters. The van der Waals surface area contributed by atoms with Crippen LogP contribution in [0.25, 0.3) is 11.1 Å². The Labute approximate surface area is 123 Å². The summed E-state index contributed by atoms with van der Waals surface area (Å²) in [6, 6.07) is 5.20. The van der Waals surface area contributed by atoms with E-state index in [0.717, 1.165) is 5.56 Å². The Morgan fingerprint density at radius 2 is 2.20 bits per heavy atom. The monoisotopic (exact) mass is 309 g/mol. The second-order valence-corrected chi connectivity index (χ2v) is 5.94. The number of oxazole rings is 1. The van der Waals surface area contributed by atoms with Crippen LogP contribution >= 0.6 is 22.9 Å². The molecule has 0 aliphatic carbocycles. The van der Waals surface area contributed by atoms with Crippen molar-refractivity contribution in [1.29, 1.82) is 0 Å². The maximum absolute atomic E-state index is 11.5. The molecule has 104 valence electrons. The van der Waals surface area contributed by atoms with Crippen LogP contribution in [-0.2, 0) is 7.05 Å². The van der Waals surface area contributed by atoms with E-state index < -0.39 is 11.9 Å². The highest BCUT2D eigenvalue weighted by Gasteiger charge is 2.18. The zero-order valence-electron chi connectivity index (χ0n) is 10.9. The third kappa shape index (κ3) is 1.98. The molecule has 4 nitrogen and oxygen atoms in total. The minimum Gasteiger partial charge on any atom is -0.408 e. The molecule has 0 spiro atoms. The molecule has 0 amide bonds. The Hall–Kier alpha value is -1.56. The lowest BCUT2D eigenvalue weighted by molar-refractivity contribution is 0.224. The maximum atomic E-state index is 11.5. The Bertz CT molecular complexity index is 846. The number of aryl methyl sites for hydroxylation is 2. The first-order chi connectivity index (χ1) is 9.49. The van der Waals surface area contributed by atoms with Crippen molar-refractivity contribution in [3.8, 4) is 0 Å². The fraction of sp³-hybridized carbons (Fsp3) is 0.214. The Kier molecular flexibility index (Phi) is 3.20. The van der Waals surface area contributed by atoms with Gasteiger partial charge in [0.25, 0.3) is 0 Å². The molecule has 2 heterocycles. The summed E-state index contributed by atoms with van der Waals surface area (Å²) in [7, 11) is 1.64. The SMILES string of the molecule is Cc1csc(C(O)c2ccc3c(c2)oc(=O)n3C)c1Cl. The van der Waals surface area contributed by atoms with Gasteiger partial charge in [-0.05, 0) is 35.6 Å². The fourth-order valence-corrected chi connectivity index (χ4v) is 3.41. The molecule has 0 radical (unpaired) electrons. The molecular weight excluding hydrogens is 298 g/mol. The smallest absolute Gasteiger partial charge is 0.408 e. The largest absolute Gasteiger partial charge is 0.419 e. The molecule has 6 heteroatoms. The number of benzene rings is 1. The molecule has 0 fully saturated rings. The topological polar surface area (TPSA) is 55.4 Å². The number of aliphatic hydroxyl groups is 1. The van der Waals surface area contributed by atoms with Crippen molar-refractivity contribution in [2.24, 2.45) is 7.05 Å². The predicted molar refractivity (Wildman–Crippen MR) is 79.6 cm³/mol. The zero-order chi connectivity index (χ0) is 14.4. The van der Waals surface area contributed by atoms with Crippen molar-refractivity contribution < 1.29 is 9.52 Å². The van der Waals surface area contributed by atoms with E-state index >= 15 is 0 Å². The first-order valence-corrected chi connectivity index (χ1v) is 7.26. The van der Waals surface area contributed by atoms with E-state index in [1.165, 1.54) is 15.9 Å². The summed E-state index contributed by atoms with van der Waals surface area (Å²) in [5, 5.41) is 12.9. The lowest BCUT2D eigenvalue weighted by atomic mass is 10.1. The molecule has 20 heavy (non-hydrogen) atoms. The van der Waals surface area contributed by atoms with Crippen molar-refractivity contribution in [2.45, 2.75) is 13.0 Å². The van der Waals surface area contributed by atoms with Gasteiger partial charge in [-0.2, -0.15) is 0 Å². The minimum absolute atomic E-state index is 0.420. The molecule has 3 rings (SSSR count). The lowest BCUT2D eigenvalue weighted by Crippen LogP contribution is -2.08. The molecule has 1 N–H and O–H groups in total. The molecule has 1 unspecified atom stereocenters. The van der Waals surface area contributed by atoms with E-state index in [1.54, 1.807) is 25.2 Å². The summed E-state index contributed by atoms with van der Waals surface area (Å²) >= 11 is 7.59. The van der Waals surface area contributed by atoms with Gasteiger partial charge in [0, 0.05) is 7.05 Å². The quantitative estimate of drug-likeness (QED) is 0.790. The fourth-order valence-electron chi connectivity index (χ4n) is 2.11. The van der Waals surface area contributed by atoms with E-state index in [1.807, 2.05) is 12.3 Å². The maximum Gasteiger partial charge on any atom is 0.419 e. The number of aliphatic hydroxyl groups excluding tert-OH is 1. The van der Waals surface area contributed by atoms with E-state index in [9.17, 15) is 9.90 Å². The summed E-state index contributed by atoms with van der Waals surface area (Å²) in [5.74, 6) is -0.420. The van der Waals surface area contributed by atoms with Gasteiger partial charge in [0.15, 0.2) is 5.58 Å². The number of fused-ring (bicyclic) bond motifs is 1. The molecular formula is C14H12ClNO3S. The lowest BCUT2D eigenvalue weighted by Gasteiger charge is -2.09. The highest BCUT2D eigenvalue weighted by molar-refractivity contribution is 7.10. The average Bonchev–Trinajstić information content (AvgIpc) is 2.91. The summed E-state index contributed by atoms with van der Waals surface area (Å²) < 4.78 is 6.55. The Balaban J connectivity index is 2.10. The average molecular weight is 310 g/mol. The van der Waals surface area contributed by atoms with Gasteiger partial charge in [0.2, 0.25) is 0 Å². The van der Waals surface area contributed by atoms with E-state index in [-0.39, 0.29) is 0 Å². The molecule has 2 aromatic heterocycles. The van der Waals surface area contributed by atoms with E-state index in [4.69, 9.17) is 16.0 Å². The van der Waals surface area contributed by atoms with Crippen LogP contribution < -0.4 is 5.76 Å². The predicted octanol–water partition coefficient (Wildman–Crippen LogP) is 3.24. The van der Waals surface area contributed by atoms with Crippen LogP contribution in [0.5, 0.6) is 0 Å². The third-order valence-corrected chi connectivity index (χ3v) is 5.07. The van der Waals surface area contributed by atoms with Crippen molar-refractivity contribution in [2.75, 3.05) is 0 Å². The van der Waals surface area contributed by atoms with Gasteiger partial charge >= 0.3 is 5.76 Å². The van der Waals surface area contributed by atoms with Crippen LogP contribution in [0, 0.1) is 6.92 Å². The number of aromatic nitrogens is 1. The van der Waals surface area contributed by atoms with Gasteiger partial charge < -0.3 is 9.52 Å². The van der Waals surface area contributed by atoms with Gasteiger partial charge in [-0.1, -0.05) is 17.7 Å². The van der Waals surface area contributed by atoms with E-state index in [0.29, 0.717) is 26.6 Å². The van der Waals surface area contributed by atoms with Crippen LogP contribution in [0.4, 0.5) is 0 Å². The van der Waals surface area contributed by atoms with Gasteiger partial charge in [0.1, 0.15) is 6.10 Å². The first kappa shape index (κ1) is 13.4. The molecule has 1 aromatic carbocycles. The second kappa shape index (κ2) is 4.77. The van der Waals surface area contributed by atoms with Crippen molar-refractivity contribution in [3.05, 3.63) is 55.2 Å². The number of rotatable bonds is 2. The number of hydrogen-bond donors (Lipinski definition) is 1. The third-order valence-electron chi connectivity index (χ3n) is 3.31. The number of halogens is 1. The minimum atomic E-state index is -0.823. The number of hydrogen-bond acceptors (Lipinski definition) is 4. The van der Waals surface area contributed by atoms with Crippen LogP contribution in [-0.4, -0.2) is 9.67 Å². The van der Waals surface area contributed by atoms with Crippen LogP contribution in [0.2, 0.25) is 5.02 Å². The van der Waals surface area contributed by atoms with Crippen LogP contribution in [0.3, 0.4) is 0 Å². The summed E-state index contributed by atoms with van der Waals surface area (Å²) in [5.41, 5.74) is 2.74. The molecule has 0 saturated carbocycles. The van der Waals surface area contributed by atoms with Gasteiger partial charge in [-0.3, -0.25) is 4.57 Å². The summed E-state index contributed by atoms with van der Waals surface area (Å²) in [4.78, 5) is 12.2. The standard InChI is InChI=1S/C14H12ClNO3S/c1-7-6-20-13(11(7)15)12(17)8-3-4-9-10(5-8)19-14(18)16(9)2/h3-6,12,17H,1-2H3. The van der Waals surface area contributed by atoms with Crippen molar-refractivity contribution in [3.63, 3.8) is 0 Å². The van der Waals surface area contributed by atoms with Crippen molar-refractivity contribution >= 4 is 34.0 Å². The molecule has 0 bridgehead atoms. The first-order valence-electron chi connectivity index (χ1n) is 6.00. The van der Waals surface area contributed by atoms with Crippen LogP contribution in [0.1, 0.15) is 22.1 Å². The molecule has 0 saturated heterocycles. The highest BCUT2D eigenvalue weighted by atomic mass is 35.5. The number of thiophene rings is 1. The molecule has 0 aliphatic heterocycles. The Morgan fingerprint density at radius 1 is 1.45 bits per heavy atom. The Morgan fingerprint density at radius 3 is 2.85 bits per heavy atom. The summed E-state index contributed by atoms with van der Waals surface area (Å²) in [6.45, 7) is 1.90. The highest BCUT2D eigenvalue weighted by Crippen LogP contribution is 2.36. The van der Waals surface area contributed by atoms with Crippen LogP contribution in [0.15, 0.2) is 32.8 Å². The zero-order valence-corrected chi connectivity index (χ0v) is 12.5. The molecule has 3 aromatic rings.